The van der Waals surface area contributed by atoms with Crippen molar-refractivity contribution < 1.29 is 19.8 Å². The van der Waals surface area contributed by atoms with E-state index in [2.05, 4.69) is 4.98 Å². The standard InChI is InChI=1S/C5H4N.2ClH.W/c1-2-4-6-5-3-1;;;/h1-4H;2*1H;. The minimum absolute atomic E-state index is 0. The summed E-state index contributed by atoms with van der Waals surface area (Å²) in [6.07, 6.45) is 1.81. The van der Waals surface area contributed by atoms with Gasteiger partial charge in [0.15, 0.2) is 0 Å². The van der Waals surface area contributed by atoms with Crippen LogP contribution >= 0.6 is 24.8 Å². The molecule has 0 aliphatic rings. The molecular weight excluding hydrogens is 329 g/mol. The molecule has 1 aromatic rings. The zero-order valence-corrected chi connectivity index (χ0v) is 9.05. The molecule has 0 atom stereocenters. The molecular formula is C5H6Cl2NW. The topological polar surface area (TPSA) is 12.9 Å². The minimum atomic E-state index is 0. The van der Waals surface area contributed by atoms with Crippen LogP contribution < -0.4 is 4.08 Å². The van der Waals surface area contributed by atoms with E-state index in [9.17, 15) is 0 Å². The summed E-state index contributed by atoms with van der Waals surface area (Å²) < 4.78 is 1.16. The fourth-order valence-electron chi connectivity index (χ4n) is 0.347. The van der Waals surface area contributed by atoms with Crippen LogP contribution in [0.2, 0.25) is 0 Å². The van der Waals surface area contributed by atoms with Gasteiger partial charge in [0.2, 0.25) is 0 Å². The maximum absolute atomic E-state index is 4.02. The second-order valence-corrected chi connectivity index (χ2v) is 2.67. The molecule has 1 aromatic heterocycles. The first kappa shape index (κ1) is 12.1. The molecule has 0 saturated carbocycles. The van der Waals surface area contributed by atoms with Gasteiger partial charge in [-0.1, -0.05) is 0 Å². The van der Waals surface area contributed by atoms with Gasteiger partial charge in [0.1, 0.15) is 0 Å². The number of hydrogen-bond acceptors (Lipinski definition) is 1. The van der Waals surface area contributed by atoms with Crippen molar-refractivity contribution in [1.29, 1.82) is 0 Å². The Balaban J connectivity index is 0. The molecule has 0 aliphatic carbocycles. The number of pyridine rings is 1. The Morgan fingerprint density at radius 2 is 1.89 bits per heavy atom. The van der Waals surface area contributed by atoms with Gasteiger partial charge in [-0.15, -0.1) is 24.8 Å². The molecule has 1 rings (SSSR count). The molecule has 0 N–H and O–H groups in total. The molecule has 4 heteroatoms. The van der Waals surface area contributed by atoms with Crippen LogP contribution in [-0.2, 0) is 19.8 Å². The molecule has 51 valence electrons. The predicted octanol–water partition coefficient (Wildman–Crippen LogP) is 1.10. The van der Waals surface area contributed by atoms with E-state index < -0.39 is 0 Å². The average molecular weight is 335 g/mol. The third-order valence-corrected chi connectivity index (χ3v) is 1.51. The van der Waals surface area contributed by atoms with Crippen molar-refractivity contribution in [1.82, 2.24) is 4.98 Å². The van der Waals surface area contributed by atoms with E-state index in [4.69, 9.17) is 0 Å². The van der Waals surface area contributed by atoms with Gasteiger partial charge in [-0.3, -0.25) is 0 Å². The molecule has 0 bridgehead atoms. The Bertz CT molecular complexity index is 145. The van der Waals surface area contributed by atoms with E-state index in [0.29, 0.717) is 0 Å². The fraction of sp³-hybridized carbons (Fsp3) is 0. The number of halogens is 2. The van der Waals surface area contributed by atoms with Crippen molar-refractivity contribution in [3.63, 3.8) is 0 Å². The first-order valence-electron chi connectivity index (χ1n) is 1.97. The summed E-state index contributed by atoms with van der Waals surface area (Å²) in [6.45, 7) is 0. The molecule has 0 unspecified atom stereocenters. The van der Waals surface area contributed by atoms with Crippen molar-refractivity contribution in [2.75, 3.05) is 0 Å². The van der Waals surface area contributed by atoms with Crippen molar-refractivity contribution in [2.24, 2.45) is 0 Å². The molecule has 0 aromatic carbocycles. The summed E-state index contributed by atoms with van der Waals surface area (Å²) in [5, 5.41) is 0. The second-order valence-electron chi connectivity index (χ2n) is 1.17. The summed E-state index contributed by atoms with van der Waals surface area (Å²) in [4.78, 5) is 4.02. The van der Waals surface area contributed by atoms with Crippen molar-refractivity contribution in [3.05, 3.63) is 24.4 Å². The van der Waals surface area contributed by atoms with E-state index >= 15 is 0 Å². The molecule has 9 heavy (non-hydrogen) atoms. The van der Waals surface area contributed by atoms with Crippen LogP contribution in [0.4, 0.5) is 0 Å². The molecule has 0 radical (unpaired) electrons. The maximum atomic E-state index is 4.02. The van der Waals surface area contributed by atoms with Crippen LogP contribution in [0.15, 0.2) is 24.4 Å². The summed E-state index contributed by atoms with van der Waals surface area (Å²) >= 11 is 1.43. The van der Waals surface area contributed by atoms with E-state index in [0.717, 1.165) is 4.08 Å². The third-order valence-electron chi connectivity index (χ3n) is 0.638. The van der Waals surface area contributed by atoms with Crippen LogP contribution in [0.3, 0.4) is 0 Å². The van der Waals surface area contributed by atoms with E-state index in [-0.39, 0.29) is 24.8 Å². The molecule has 0 saturated heterocycles. The Hall–Kier alpha value is 0.418. The number of aromatic nitrogens is 1. The van der Waals surface area contributed by atoms with Gasteiger partial charge in [-0.25, -0.2) is 0 Å². The van der Waals surface area contributed by atoms with Gasteiger partial charge >= 0.3 is 53.3 Å². The molecule has 1 nitrogen and oxygen atoms in total. The predicted molar refractivity (Wildman–Crippen MR) is 38.4 cm³/mol. The van der Waals surface area contributed by atoms with Crippen LogP contribution in [0.25, 0.3) is 0 Å². The number of nitrogens with zero attached hydrogens (tertiary/aromatic N) is 1. The Labute approximate surface area is 78.0 Å². The Morgan fingerprint density at radius 1 is 1.22 bits per heavy atom. The summed E-state index contributed by atoms with van der Waals surface area (Å²) in [7, 11) is 0. The second kappa shape index (κ2) is 6.54. The number of hydrogen-bond donors (Lipinski definition) is 0. The summed E-state index contributed by atoms with van der Waals surface area (Å²) in [6, 6.07) is 5.93. The van der Waals surface area contributed by atoms with Crippen molar-refractivity contribution >= 4 is 28.9 Å². The Morgan fingerprint density at radius 3 is 2.11 bits per heavy atom. The summed E-state index contributed by atoms with van der Waals surface area (Å²) in [5.41, 5.74) is 0. The molecule has 0 amide bonds. The molecule has 0 aliphatic heterocycles. The van der Waals surface area contributed by atoms with E-state index in [1.54, 1.807) is 0 Å². The number of rotatable bonds is 0. The van der Waals surface area contributed by atoms with Crippen molar-refractivity contribution in [3.8, 4) is 0 Å². The van der Waals surface area contributed by atoms with Crippen LogP contribution in [0, 0.1) is 0 Å². The molecule has 1 heterocycles. The Kier molecular flexibility index (Phi) is 8.81. The monoisotopic (exact) mass is 334 g/mol. The van der Waals surface area contributed by atoms with Crippen LogP contribution in [0.1, 0.15) is 0 Å². The van der Waals surface area contributed by atoms with Gasteiger partial charge in [0.25, 0.3) is 0 Å². The summed E-state index contributed by atoms with van der Waals surface area (Å²) in [5.74, 6) is 0. The fourth-order valence-corrected chi connectivity index (χ4v) is 0.848. The van der Waals surface area contributed by atoms with E-state index in [1.807, 2.05) is 24.4 Å². The first-order chi connectivity index (χ1) is 3.39. The van der Waals surface area contributed by atoms with Gasteiger partial charge < -0.3 is 0 Å². The first-order valence-corrected chi connectivity index (χ1v) is 3.44. The SMILES string of the molecule is Cl.Cl.[W][c]1ccccn1. The quantitative estimate of drug-likeness (QED) is 0.692. The van der Waals surface area contributed by atoms with Gasteiger partial charge in [-0.2, -0.15) is 0 Å². The zero-order chi connectivity index (χ0) is 5.11. The zero-order valence-electron chi connectivity index (χ0n) is 4.48. The average Bonchev–Trinajstić information content (AvgIpc) is 1.69. The van der Waals surface area contributed by atoms with Gasteiger partial charge in [-0.05, 0) is 0 Å². The van der Waals surface area contributed by atoms with Crippen LogP contribution in [-0.4, -0.2) is 4.98 Å². The van der Waals surface area contributed by atoms with Crippen LogP contribution in [0.5, 0.6) is 0 Å². The van der Waals surface area contributed by atoms with E-state index in [1.165, 1.54) is 19.8 Å². The van der Waals surface area contributed by atoms with Gasteiger partial charge in [0.05, 0.1) is 0 Å². The van der Waals surface area contributed by atoms with Gasteiger partial charge in [0, 0.05) is 0 Å². The third kappa shape index (κ3) is 4.89. The molecule has 0 spiro atoms. The van der Waals surface area contributed by atoms with Crippen molar-refractivity contribution in [2.45, 2.75) is 0 Å². The normalized spacial score (nSPS) is 6.67. The molecule has 0 fully saturated rings.